The van der Waals surface area contributed by atoms with Gasteiger partial charge in [-0.15, -0.1) is 0 Å². The molecule has 1 amide bonds. The number of anilines is 1. The van der Waals surface area contributed by atoms with Gasteiger partial charge in [0.15, 0.2) is 0 Å². The third-order valence-corrected chi connectivity index (χ3v) is 3.92. The highest BCUT2D eigenvalue weighted by Gasteiger charge is 2.13. The van der Waals surface area contributed by atoms with Crippen molar-refractivity contribution in [2.45, 2.75) is 13.5 Å². The first-order valence-corrected chi connectivity index (χ1v) is 7.73. The molecule has 2 rings (SSSR count). The van der Waals surface area contributed by atoms with Gasteiger partial charge < -0.3 is 19.7 Å². The Balaban J connectivity index is 2.09. The molecule has 2 aromatic rings. The Labute approximate surface area is 143 Å². The molecule has 0 aliphatic heterocycles. The molecule has 0 aliphatic carbocycles. The molecule has 2 aromatic carbocycles. The summed E-state index contributed by atoms with van der Waals surface area (Å²) in [5, 5.41) is 2.92. The van der Waals surface area contributed by atoms with Gasteiger partial charge in [0.2, 0.25) is 0 Å². The van der Waals surface area contributed by atoms with Gasteiger partial charge in [-0.05, 0) is 36.8 Å². The summed E-state index contributed by atoms with van der Waals surface area (Å²) in [6.07, 6.45) is 0. The summed E-state index contributed by atoms with van der Waals surface area (Å²) in [7, 11) is 7.15. The Kier molecular flexibility index (Phi) is 5.68. The lowest BCUT2D eigenvalue weighted by Crippen LogP contribution is -2.23. The summed E-state index contributed by atoms with van der Waals surface area (Å²) in [4.78, 5) is 14.4. The smallest absolute Gasteiger partial charge is 0.251 e. The van der Waals surface area contributed by atoms with Crippen LogP contribution in [-0.4, -0.2) is 34.2 Å². The average Bonchev–Trinajstić information content (AvgIpc) is 2.60. The molecule has 5 nitrogen and oxygen atoms in total. The monoisotopic (exact) mass is 328 g/mol. The summed E-state index contributed by atoms with van der Waals surface area (Å²) in [5.41, 5.74) is 3.55. The summed E-state index contributed by atoms with van der Waals surface area (Å²) in [6, 6.07) is 11.5. The second-order valence-electron chi connectivity index (χ2n) is 5.75. The predicted molar refractivity (Wildman–Crippen MR) is 96.2 cm³/mol. The van der Waals surface area contributed by atoms with Crippen LogP contribution in [0.3, 0.4) is 0 Å². The number of ether oxygens (including phenoxy) is 2. The number of benzene rings is 2. The fourth-order valence-corrected chi connectivity index (χ4v) is 2.41. The Hall–Kier alpha value is -2.69. The van der Waals surface area contributed by atoms with Crippen molar-refractivity contribution in [2.24, 2.45) is 0 Å². The molecule has 0 heterocycles. The minimum absolute atomic E-state index is 0.164. The molecule has 0 aliphatic rings. The number of hydrogen-bond donors (Lipinski definition) is 1. The van der Waals surface area contributed by atoms with Gasteiger partial charge in [-0.2, -0.15) is 0 Å². The second-order valence-corrected chi connectivity index (χ2v) is 5.75. The number of amides is 1. The van der Waals surface area contributed by atoms with Crippen LogP contribution in [-0.2, 0) is 6.54 Å². The topological polar surface area (TPSA) is 50.8 Å². The molecule has 5 heteroatoms. The van der Waals surface area contributed by atoms with Crippen molar-refractivity contribution in [3.05, 3.63) is 53.1 Å². The van der Waals surface area contributed by atoms with E-state index in [9.17, 15) is 4.79 Å². The molecule has 0 spiro atoms. The molecule has 0 fully saturated rings. The zero-order valence-corrected chi connectivity index (χ0v) is 14.8. The van der Waals surface area contributed by atoms with Crippen molar-refractivity contribution in [2.75, 3.05) is 33.2 Å². The Bertz CT molecular complexity index is 684. The lowest BCUT2D eigenvalue weighted by Gasteiger charge is -2.14. The molecule has 128 valence electrons. The maximum Gasteiger partial charge on any atom is 0.251 e. The SMILES string of the molecule is COc1cc(C(=O)NCc2ccc(N(C)C)cc2)cc(OC)c1C. The molecular formula is C19H24N2O3. The van der Waals surface area contributed by atoms with E-state index in [0.29, 0.717) is 23.6 Å². The van der Waals surface area contributed by atoms with Crippen LogP contribution >= 0.6 is 0 Å². The van der Waals surface area contributed by atoms with Gasteiger partial charge in [-0.1, -0.05) is 12.1 Å². The van der Waals surface area contributed by atoms with Gasteiger partial charge in [0.25, 0.3) is 5.91 Å². The van der Waals surface area contributed by atoms with Gasteiger partial charge in [-0.3, -0.25) is 4.79 Å². The van der Waals surface area contributed by atoms with Crippen LogP contribution in [0.4, 0.5) is 5.69 Å². The van der Waals surface area contributed by atoms with Crippen LogP contribution in [0.25, 0.3) is 0 Å². The van der Waals surface area contributed by atoms with E-state index in [1.54, 1.807) is 26.4 Å². The molecule has 1 N–H and O–H groups in total. The van der Waals surface area contributed by atoms with Crippen LogP contribution in [0.5, 0.6) is 11.5 Å². The zero-order chi connectivity index (χ0) is 17.7. The van der Waals surface area contributed by atoms with E-state index in [1.807, 2.05) is 50.2 Å². The van der Waals surface area contributed by atoms with E-state index < -0.39 is 0 Å². The minimum Gasteiger partial charge on any atom is -0.496 e. The number of hydrogen-bond acceptors (Lipinski definition) is 4. The highest BCUT2D eigenvalue weighted by molar-refractivity contribution is 5.95. The van der Waals surface area contributed by atoms with E-state index in [0.717, 1.165) is 16.8 Å². The number of carbonyl (C=O) groups is 1. The maximum absolute atomic E-state index is 12.4. The molecule has 0 aromatic heterocycles. The summed E-state index contributed by atoms with van der Waals surface area (Å²) >= 11 is 0. The first kappa shape index (κ1) is 17.7. The normalized spacial score (nSPS) is 10.2. The zero-order valence-electron chi connectivity index (χ0n) is 14.8. The van der Waals surface area contributed by atoms with Gasteiger partial charge in [0.05, 0.1) is 14.2 Å². The third-order valence-electron chi connectivity index (χ3n) is 3.92. The van der Waals surface area contributed by atoms with Gasteiger partial charge in [0, 0.05) is 37.5 Å². The summed E-state index contributed by atoms with van der Waals surface area (Å²) in [5.74, 6) is 1.10. The van der Waals surface area contributed by atoms with Crippen LogP contribution < -0.4 is 19.7 Å². The van der Waals surface area contributed by atoms with Crippen molar-refractivity contribution in [1.29, 1.82) is 0 Å². The van der Waals surface area contributed by atoms with Gasteiger partial charge in [-0.25, -0.2) is 0 Å². The summed E-state index contributed by atoms with van der Waals surface area (Å²) < 4.78 is 10.6. The van der Waals surface area contributed by atoms with Crippen molar-refractivity contribution < 1.29 is 14.3 Å². The highest BCUT2D eigenvalue weighted by Crippen LogP contribution is 2.29. The van der Waals surface area contributed by atoms with E-state index in [4.69, 9.17) is 9.47 Å². The van der Waals surface area contributed by atoms with Crippen LogP contribution in [0.2, 0.25) is 0 Å². The third kappa shape index (κ3) is 3.98. The van der Waals surface area contributed by atoms with E-state index in [1.165, 1.54) is 0 Å². The molecule has 24 heavy (non-hydrogen) atoms. The molecule has 0 radical (unpaired) electrons. The minimum atomic E-state index is -0.164. The van der Waals surface area contributed by atoms with Gasteiger partial charge in [0.1, 0.15) is 11.5 Å². The fourth-order valence-electron chi connectivity index (χ4n) is 2.41. The van der Waals surface area contributed by atoms with Crippen molar-refractivity contribution in [1.82, 2.24) is 5.32 Å². The Morgan fingerprint density at radius 2 is 1.58 bits per heavy atom. The van der Waals surface area contributed by atoms with Crippen LogP contribution in [0.1, 0.15) is 21.5 Å². The van der Waals surface area contributed by atoms with E-state index >= 15 is 0 Å². The van der Waals surface area contributed by atoms with Crippen molar-refractivity contribution in [3.63, 3.8) is 0 Å². The lowest BCUT2D eigenvalue weighted by molar-refractivity contribution is 0.0950. The summed E-state index contributed by atoms with van der Waals surface area (Å²) in [6.45, 7) is 2.36. The first-order chi connectivity index (χ1) is 11.5. The molecular weight excluding hydrogens is 304 g/mol. The molecule has 0 unspecified atom stereocenters. The van der Waals surface area contributed by atoms with E-state index in [-0.39, 0.29) is 5.91 Å². The largest absolute Gasteiger partial charge is 0.496 e. The molecule has 0 bridgehead atoms. The van der Waals surface area contributed by atoms with Crippen molar-refractivity contribution >= 4 is 11.6 Å². The Morgan fingerprint density at radius 1 is 1.04 bits per heavy atom. The predicted octanol–water partition coefficient (Wildman–Crippen LogP) is 3.01. The standard InChI is InChI=1S/C19H24N2O3/c1-13-17(23-4)10-15(11-18(13)24-5)19(22)20-12-14-6-8-16(9-7-14)21(2)3/h6-11H,12H2,1-5H3,(H,20,22). The molecule has 0 atom stereocenters. The van der Waals surface area contributed by atoms with E-state index in [2.05, 4.69) is 5.32 Å². The average molecular weight is 328 g/mol. The number of methoxy groups -OCH3 is 2. The number of nitrogens with one attached hydrogen (secondary N) is 1. The number of carbonyl (C=O) groups excluding carboxylic acids is 1. The quantitative estimate of drug-likeness (QED) is 0.886. The molecule has 0 saturated carbocycles. The number of nitrogens with zero attached hydrogens (tertiary/aromatic N) is 1. The fraction of sp³-hybridized carbons (Fsp3) is 0.316. The van der Waals surface area contributed by atoms with Crippen molar-refractivity contribution in [3.8, 4) is 11.5 Å². The first-order valence-electron chi connectivity index (χ1n) is 7.73. The maximum atomic E-state index is 12.4. The lowest BCUT2D eigenvalue weighted by atomic mass is 10.1. The van der Waals surface area contributed by atoms with Crippen LogP contribution in [0, 0.1) is 6.92 Å². The second kappa shape index (κ2) is 7.73. The van der Waals surface area contributed by atoms with Gasteiger partial charge >= 0.3 is 0 Å². The molecule has 0 saturated heterocycles. The van der Waals surface area contributed by atoms with Crippen LogP contribution in [0.15, 0.2) is 36.4 Å². The Morgan fingerprint density at radius 3 is 2.04 bits per heavy atom. The number of rotatable bonds is 6. The highest BCUT2D eigenvalue weighted by atomic mass is 16.5.